The van der Waals surface area contributed by atoms with Gasteiger partial charge in [0.2, 0.25) is 5.91 Å². The van der Waals surface area contributed by atoms with Crippen molar-refractivity contribution in [3.63, 3.8) is 0 Å². The molecule has 0 saturated heterocycles. The fraction of sp³-hybridized carbons (Fsp3) is 0.133. The van der Waals surface area contributed by atoms with Crippen molar-refractivity contribution >= 4 is 27.5 Å². The Morgan fingerprint density at radius 1 is 1.05 bits per heavy atom. The first-order valence-electron chi connectivity index (χ1n) is 5.98. The fourth-order valence-corrected chi connectivity index (χ4v) is 2.30. The molecule has 2 aromatic carbocycles. The van der Waals surface area contributed by atoms with Gasteiger partial charge >= 0.3 is 0 Å². The molecule has 0 spiro atoms. The molecule has 1 N–H and O–H groups in total. The monoisotopic (exact) mass is 339 g/mol. The average Bonchev–Trinajstić information content (AvgIpc) is 2.44. The molecule has 5 heteroatoms. The number of carbonyl (C=O) groups is 1. The number of para-hydroxylation sites is 1. The molecule has 0 unspecified atom stereocenters. The number of anilines is 1. The largest absolute Gasteiger partial charge is 0.326 e. The lowest BCUT2D eigenvalue weighted by Gasteiger charge is -2.10. The van der Waals surface area contributed by atoms with Crippen LogP contribution in [0.4, 0.5) is 14.5 Å². The first-order valence-corrected chi connectivity index (χ1v) is 7.10. The predicted octanol–water partition coefficient (Wildman–Crippen LogP) is 4.04. The molecule has 2 nitrogen and oxygen atoms in total. The predicted molar refractivity (Wildman–Crippen MR) is 77.8 cm³/mol. The third-order valence-electron chi connectivity index (χ3n) is 2.83. The quantitative estimate of drug-likeness (QED) is 0.837. The Morgan fingerprint density at radius 2 is 1.70 bits per heavy atom. The number of nitrogens with one attached hydrogen (secondary N) is 1. The van der Waals surface area contributed by atoms with Gasteiger partial charge in [0.1, 0.15) is 11.6 Å². The van der Waals surface area contributed by atoms with Crippen LogP contribution in [0.1, 0.15) is 11.1 Å². The maximum absolute atomic E-state index is 13.5. The minimum Gasteiger partial charge on any atom is -0.326 e. The zero-order chi connectivity index (χ0) is 14.5. The molecule has 104 valence electrons. The molecule has 0 aliphatic carbocycles. The molecule has 0 aromatic heterocycles. The molecule has 0 aliphatic heterocycles. The van der Waals surface area contributed by atoms with E-state index in [9.17, 15) is 13.6 Å². The van der Waals surface area contributed by atoms with Crippen LogP contribution >= 0.6 is 15.9 Å². The molecule has 2 rings (SSSR count). The van der Waals surface area contributed by atoms with Gasteiger partial charge in [-0.25, -0.2) is 8.78 Å². The van der Waals surface area contributed by atoms with Gasteiger partial charge in [-0.2, -0.15) is 0 Å². The van der Waals surface area contributed by atoms with Crippen LogP contribution < -0.4 is 5.32 Å². The highest BCUT2D eigenvalue weighted by atomic mass is 79.9. The van der Waals surface area contributed by atoms with Crippen molar-refractivity contribution in [1.82, 2.24) is 0 Å². The van der Waals surface area contributed by atoms with Crippen molar-refractivity contribution in [2.24, 2.45) is 0 Å². The Bertz CT molecular complexity index is 611. The van der Waals surface area contributed by atoms with Gasteiger partial charge < -0.3 is 5.32 Å². The summed E-state index contributed by atoms with van der Waals surface area (Å²) in [5, 5.41) is 3.24. The van der Waals surface area contributed by atoms with Gasteiger partial charge in [0, 0.05) is 16.6 Å². The topological polar surface area (TPSA) is 29.1 Å². The van der Waals surface area contributed by atoms with E-state index < -0.39 is 17.5 Å². The first kappa shape index (κ1) is 14.7. The van der Waals surface area contributed by atoms with Crippen LogP contribution in [0.3, 0.4) is 0 Å². The molecule has 0 fully saturated rings. The van der Waals surface area contributed by atoms with Crippen LogP contribution in [0.5, 0.6) is 0 Å². The Labute approximate surface area is 123 Å². The zero-order valence-electron chi connectivity index (χ0n) is 10.5. The van der Waals surface area contributed by atoms with Crippen LogP contribution in [0.25, 0.3) is 0 Å². The summed E-state index contributed by atoms with van der Waals surface area (Å²) >= 11 is 3.32. The summed E-state index contributed by atoms with van der Waals surface area (Å²) in [6.45, 7) is 0. The van der Waals surface area contributed by atoms with Crippen LogP contribution in [0, 0.1) is 11.6 Å². The van der Waals surface area contributed by atoms with E-state index >= 15 is 0 Å². The second-order valence-corrected chi connectivity index (χ2v) is 4.78. The van der Waals surface area contributed by atoms with Gasteiger partial charge in [-0.1, -0.05) is 40.2 Å². The molecule has 20 heavy (non-hydrogen) atoms. The fourth-order valence-electron chi connectivity index (χ4n) is 1.81. The maximum Gasteiger partial charge on any atom is 0.229 e. The first-order chi connectivity index (χ1) is 9.61. The summed E-state index contributed by atoms with van der Waals surface area (Å²) < 4.78 is 26.9. The van der Waals surface area contributed by atoms with Gasteiger partial charge in [-0.15, -0.1) is 0 Å². The van der Waals surface area contributed by atoms with Gasteiger partial charge in [-0.3, -0.25) is 4.79 Å². The molecule has 0 heterocycles. The average molecular weight is 340 g/mol. The summed E-state index contributed by atoms with van der Waals surface area (Å²) in [7, 11) is 0. The van der Waals surface area contributed by atoms with Crippen molar-refractivity contribution in [3.05, 3.63) is 65.2 Å². The Kier molecular flexibility index (Phi) is 4.84. The van der Waals surface area contributed by atoms with Crippen molar-refractivity contribution in [3.8, 4) is 0 Å². The Morgan fingerprint density at radius 3 is 2.35 bits per heavy atom. The van der Waals surface area contributed by atoms with E-state index in [1.165, 1.54) is 6.07 Å². The van der Waals surface area contributed by atoms with Crippen LogP contribution in [-0.2, 0) is 16.5 Å². The minimum atomic E-state index is -0.714. The molecule has 0 atom stereocenters. The Balaban J connectivity index is 2.13. The summed E-state index contributed by atoms with van der Waals surface area (Å²) in [6, 6.07) is 10.8. The second-order valence-electron chi connectivity index (χ2n) is 4.22. The second kappa shape index (κ2) is 6.61. The number of amides is 1. The highest BCUT2D eigenvalue weighted by Gasteiger charge is 2.13. The molecule has 1 amide bonds. The normalized spacial score (nSPS) is 10.3. The highest BCUT2D eigenvalue weighted by Crippen LogP contribution is 2.19. The smallest absolute Gasteiger partial charge is 0.229 e. The maximum atomic E-state index is 13.5. The third kappa shape index (κ3) is 3.42. The number of hydrogen-bond donors (Lipinski definition) is 1. The van der Waals surface area contributed by atoms with E-state index in [4.69, 9.17) is 0 Å². The van der Waals surface area contributed by atoms with Gasteiger partial charge in [0.25, 0.3) is 0 Å². The van der Waals surface area contributed by atoms with Gasteiger partial charge in [0.05, 0.1) is 6.42 Å². The van der Waals surface area contributed by atoms with Gasteiger partial charge in [0.15, 0.2) is 0 Å². The zero-order valence-corrected chi connectivity index (χ0v) is 12.1. The number of hydrogen-bond acceptors (Lipinski definition) is 1. The van der Waals surface area contributed by atoms with E-state index in [-0.39, 0.29) is 12.0 Å². The van der Waals surface area contributed by atoms with Crippen molar-refractivity contribution < 1.29 is 13.6 Å². The molecule has 0 aliphatic rings. The van der Waals surface area contributed by atoms with E-state index in [1.54, 1.807) is 12.1 Å². The van der Waals surface area contributed by atoms with E-state index in [0.717, 1.165) is 17.7 Å². The third-order valence-corrected chi connectivity index (χ3v) is 3.44. The molecular weight excluding hydrogens is 328 g/mol. The summed E-state index contributed by atoms with van der Waals surface area (Å²) in [6.07, 6.45) is -0.338. The number of rotatable bonds is 4. The molecular formula is C15H12BrF2NO. The molecule has 2 aromatic rings. The lowest BCUT2D eigenvalue weighted by atomic mass is 10.1. The minimum absolute atomic E-state index is 0.221. The number of halogens is 3. The molecule has 0 saturated carbocycles. The number of benzene rings is 2. The summed E-state index contributed by atoms with van der Waals surface area (Å²) in [5.41, 5.74) is 1.31. The highest BCUT2D eigenvalue weighted by molar-refractivity contribution is 9.08. The van der Waals surface area contributed by atoms with E-state index in [0.29, 0.717) is 11.0 Å². The van der Waals surface area contributed by atoms with Crippen molar-refractivity contribution in [2.75, 3.05) is 5.32 Å². The Hall–Kier alpha value is -1.75. The van der Waals surface area contributed by atoms with Crippen LogP contribution in [0.15, 0.2) is 42.5 Å². The summed E-state index contributed by atoms with van der Waals surface area (Å²) in [4.78, 5) is 11.9. The molecule has 0 bridgehead atoms. The van der Waals surface area contributed by atoms with Gasteiger partial charge in [-0.05, 0) is 23.8 Å². The lowest BCUT2D eigenvalue weighted by Crippen LogP contribution is -2.17. The summed E-state index contributed by atoms with van der Waals surface area (Å²) in [5.74, 6) is -1.88. The standard InChI is InChI=1S/C15H12BrF2NO/c16-9-10-4-1-2-7-14(10)19-15(20)8-11-12(17)5-3-6-13(11)18/h1-7H,8-9H2,(H,19,20). The number of carbonyl (C=O) groups excluding carboxylic acids is 1. The number of alkyl halides is 1. The SMILES string of the molecule is O=C(Cc1c(F)cccc1F)Nc1ccccc1CBr. The van der Waals surface area contributed by atoms with Crippen LogP contribution in [-0.4, -0.2) is 5.91 Å². The lowest BCUT2D eigenvalue weighted by molar-refractivity contribution is -0.115. The molecule has 0 radical (unpaired) electrons. The van der Waals surface area contributed by atoms with Crippen LogP contribution in [0.2, 0.25) is 0 Å². The van der Waals surface area contributed by atoms with Crippen molar-refractivity contribution in [2.45, 2.75) is 11.8 Å². The van der Waals surface area contributed by atoms with Crippen molar-refractivity contribution in [1.29, 1.82) is 0 Å². The van der Waals surface area contributed by atoms with E-state index in [2.05, 4.69) is 21.2 Å². The van der Waals surface area contributed by atoms with E-state index in [1.807, 2.05) is 12.1 Å².